The van der Waals surface area contributed by atoms with Gasteiger partial charge in [0, 0.05) is 12.1 Å². The third kappa shape index (κ3) is 8.06. The van der Waals surface area contributed by atoms with Gasteiger partial charge in [0.25, 0.3) is 0 Å². The van der Waals surface area contributed by atoms with Crippen molar-refractivity contribution in [1.82, 2.24) is 10.2 Å². The summed E-state index contributed by atoms with van der Waals surface area (Å²) < 4.78 is 0. The van der Waals surface area contributed by atoms with Gasteiger partial charge in [0.05, 0.1) is 13.1 Å². The summed E-state index contributed by atoms with van der Waals surface area (Å²) in [5.41, 5.74) is -0.246. The van der Waals surface area contributed by atoms with Crippen molar-refractivity contribution in [2.24, 2.45) is 5.92 Å². The van der Waals surface area contributed by atoms with Gasteiger partial charge < -0.3 is 10.4 Å². The van der Waals surface area contributed by atoms with Gasteiger partial charge in [-0.1, -0.05) is 20.8 Å². The number of nitrogens with one attached hydrogen (secondary N) is 1. The van der Waals surface area contributed by atoms with Gasteiger partial charge in [0.2, 0.25) is 5.91 Å². The quantitative estimate of drug-likeness (QED) is 0.689. The lowest BCUT2D eigenvalue weighted by Crippen LogP contribution is -2.48. The second kappa shape index (κ2) is 7.36. The molecule has 0 atom stereocenters. The molecule has 0 aromatic rings. The first-order chi connectivity index (χ1) is 8.16. The normalized spacial score (nSPS) is 11.9. The van der Waals surface area contributed by atoms with Crippen LogP contribution in [-0.4, -0.2) is 47.1 Å². The number of amides is 1. The van der Waals surface area contributed by atoms with Crippen molar-refractivity contribution in [3.8, 4) is 0 Å². The molecular formula is C13H26N2O3. The van der Waals surface area contributed by atoms with Crippen LogP contribution >= 0.6 is 0 Å². The monoisotopic (exact) mass is 258 g/mol. The molecule has 106 valence electrons. The van der Waals surface area contributed by atoms with Crippen molar-refractivity contribution in [3.63, 3.8) is 0 Å². The molecule has 18 heavy (non-hydrogen) atoms. The maximum Gasteiger partial charge on any atom is 0.317 e. The Morgan fingerprint density at radius 2 is 1.83 bits per heavy atom. The van der Waals surface area contributed by atoms with Gasteiger partial charge in [-0.05, 0) is 26.2 Å². The van der Waals surface area contributed by atoms with Crippen molar-refractivity contribution < 1.29 is 14.7 Å². The Balaban J connectivity index is 4.39. The fourth-order valence-electron chi connectivity index (χ4n) is 1.60. The van der Waals surface area contributed by atoms with Crippen LogP contribution in [0.3, 0.4) is 0 Å². The Morgan fingerprint density at radius 1 is 1.28 bits per heavy atom. The Hall–Kier alpha value is -1.10. The molecule has 0 spiro atoms. The Kier molecular flexibility index (Phi) is 6.91. The average Bonchev–Trinajstić information content (AvgIpc) is 2.14. The van der Waals surface area contributed by atoms with Gasteiger partial charge in [-0.25, -0.2) is 0 Å². The van der Waals surface area contributed by atoms with E-state index in [1.54, 1.807) is 4.90 Å². The number of nitrogens with zero attached hydrogens (tertiary/aromatic N) is 1. The second-order valence-corrected chi connectivity index (χ2v) is 5.74. The highest BCUT2D eigenvalue weighted by Crippen LogP contribution is 2.07. The molecule has 0 saturated carbocycles. The van der Waals surface area contributed by atoms with Crippen molar-refractivity contribution in [1.29, 1.82) is 0 Å². The van der Waals surface area contributed by atoms with E-state index in [1.807, 2.05) is 34.6 Å². The van der Waals surface area contributed by atoms with Gasteiger partial charge in [-0.15, -0.1) is 0 Å². The number of aliphatic carboxylic acids is 1. The van der Waals surface area contributed by atoms with Gasteiger partial charge >= 0.3 is 5.97 Å². The largest absolute Gasteiger partial charge is 0.480 e. The molecule has 0 aliphatic heterocycles. The highest BCUT2D eigenvalue weighted by Gasteiger charge is 2.20. The van der Waals surface area contributed by atoms with E-state index < -0.39 is 5.97 Å². The van der Waals surface area contributed by atoms with E-state index in [-0.39, 0.29) is 24.5 Å². The van der Waals surface area contributed by atoms with Gasteiger partial charge in [-0.2, -0.15) is 0 Å². The van der Waals surface area contributed by atoms with E-state index in [0.29, 0.717) is 12.5 Å². The summed E-state index contributed by atoms with van der Waals surface area (Å²) in [6.45, 7) is 10.6. The molecule has 1 amide bonds. The van der Waals surface area contributed by atoms with Crippen molar-refractivity contribution >= 4 is 11.9 Å². The number of hydrogen-bond donors (Lipinski definition) is 2. The predicted octanol–water partition coefficient (Wildman–Crippen LogP) is 1.33. The standard InChI is InChI=1S/C13H26N2O3/c1-6-13(4,5)14-11(16)8-15(7-10(2)3)9-12(17)18/h10H,6-9H2,1-5H3,(H,14,16)(H,17,18). The Morgan fingerprint density at radius 3 is 2.22 bits per heavy atom. The summed E-state index contributed by atoms with van der Waals surface area (Å²) in [5.74, 6) is -0.696. The summed E-state index contributed by atoms with van der Waals surface area (Å²) in [7, 11) is 0. The molecule has 0 aromatic heterocycles. The molecule has 0 aromatic carbocycles. The summed E-state index contributed by atoms with van der Waals surface area (Å²) in [6, 6.07) is 0. The molecule has 5 nitrogen and oxygen atoms in total. The van der Waals surface area contributed by atoms with Crippen molar-refractivity contribution in [2.45, 2.75) is 46.6 Å². The predicted molar refractivity (Wildman–Crippen MR) is 71.4 cm³/mol. The fraction of sp³-hybridized carbons (Fsp3) is 0.846. The number of carboxylic acid groups (broad SMARTS) is 1. The first kappa shape index (κ1) is 16.9. The zero-order chi connectivity index (χ0) is 14.3. The maximum absolute atomic E-state index is 11.8. The van der Waals surface area contributed by atoms with Crippen LogP contribution in [0.25, 0.3) is 0 Å². The topological polar surface area (TPSA) is 69.6 Å². The molecule has 0 unspecified atom stereocenters. The minimum atomic E-state index is -0.904. The molecule has 0 aliphatic carbocycles. The zero-order valence-electron chi connectivity index (χ0n) is 12.1. The average molecular weight is 258 g/mol. The van der Waals surface area contributed by atoms with Gasteiger partial charge in [-0.3, -0.25) is 14.5 Å². The van der Waals surface area contributed by atoms with Gasteiger partial charge in [0.15, 0.2) is 0 Å². The number of hydrogen-bond acceptors (Lipinski definition) is 3. The molecule has 0 fully saturated rings. The first-order valence-corrected chi connectivity index (χ1v) is 6.41. The smallest absolute Gasteiger partial charge is 0.317 e. The SMILES string of the molecule is CCC(C)(C)NC(=O)CN(CC(=O)O)CC(C)C. The van der Waals surface area contributed by atoms with Crippen LogP contribution in [0.5, 0.6) is 0 Å². The number of rotatable bonds is 8. The van der Waals surface area contributed by atoms with Crippen LogP contribution in [0.15, 0.2) is 0 Å². The van der Waals surface area contributed by atoms with E-state index in [4.69, 9.17) is 5.11 Å². The molecular weight excluding hydrogens is 232 g/mol. The summed E-state index contributed by atoms with van der Waals surface area (Å²) >= 11 is 0. The number of carbonyl (C=O) groups is 2. The van der Waals surface area contributed by atoms with E-state index in [9.17, 15) is 9.59 Å². The third-order valence-corrected chi connectivity index (χ3v) is 2.71. The highest BCUT2D eigenvalue weighted by atomic mass is 16.4. The first-order valence-electron chi connectivity index (χ1n) is 6.41. The van der Waals surface area contributed by atoms with E-state index in [0.717, 1.165) is 6.42 Å². The van der Waals surface area contributed by atoms with Crippen LogP contribution < -0.4 is 5.32 Å². The molecule has 2 N–H and O–H groups in total. The molecule has 0 heterocycles. The fourth-order valence-corrected chi connectivity index (χ4v) is 1.60. The molecule has 0 rings (SSSR count). The zero-order valence-corrected chi connectivity index (χ0v) is 12.1. The minimum absolute atomic E-state index is 0.0991. The lowest BCUT2D eigenvalue weighted by atomic mass is 10.0. The van der Waals surface area contributed by atoms with Crippen molar-refractivity contribution in [3.05, 3.63) is 0 Å². The lowest BCUT2D eigenvalue weighted by molar-refractivity contribution is -0.138. The third-order valence-electron chi connectivity index (χ3n) is 2.71. The molecule has 0 bridgehead atoms. The Bertz CT molecular complexity index is 288. The minimum Gasteiger partial charge on any atom is -0.480 e. The van der Waals surface area contributed by atoms with Crippen LogP contribution in [0.2, 0.25) is 0 Å². The summed E-state index contributed by atoms with van der Waals surface area (Å²) in [4.78, 5) is 24.2. The van der Waals surface area contributed by atoms with Crippen LogP contribution in [0.4, 0.5) is 0 Å². The summed E-state index contributed by atoms with van der Waals surface area (Å²) in [5, 5.41) is 11.7. The Labute approximate surface area is 110 Å². The molecule has 0 saturated heterocycles. The van der Waals surface area contributed by atoms with E-state index in [1.165, 1.54) is 0 Å². The molecule has 0 aliphatic rings. The summed E-state index contributed by atoms with van der Waals surface area (Å²) in [6.07, 6.45) is 0.835. The second-order valence-electron chi connectivity index (χ2n) is 5.74. The van der Waals surface area contributed by atoms with E-state index in [2.05, 4.69) is 5.32 Å². The van der Waals surface area contributed by atoms with Gasteiger partial charge in [0.1, 0.15) is 0 Å². The van der Waals surface area contributed by atoms with Crippen molar-refractivity contribution in [2.75, 3.05) is 19.6 Å². The van der Waals surface area contributed by atoms with Crippen LogP contribution in [-0.2, 0) is 9.59 Å². The maximum atomic E-state index is 11.8. The van der Waals surface area contributed by atoms with Crippen LogP contribution in [0.1, 0.15) is 41.0 Å². The molecule has 0 radical (unpaired) electrons. The van der Waals surface area contributed by atoms with Crippen LogP contribution in [0, 0.1) is 5.92 Å². The lowest BCUT2D eigenvalue weighted by Gasteiger charge is -2.27. The number of carbonyl (C=O) groups excluding carboxylic acids is 1. The molecule has 5 heteroatoms. The van der Waals surface area contributed by atoms with E-state index >= 15 is 0 Å². The number of carboxylic acids is 1. The highest BCUT2D eigenvalue weighted by molar-refractivity contribution is 5.79.